The Hall–Kier alpha value is -3.40. The molecule has 9 heteroatoms. The molecule has 2 aromatic carbocycles. The molecule has 3 heterocycles. The summed E-state index contributed by atoms with van der Waals surface area (Å²) in [7, 11) is 2.16. The molecule has 2 aromatic heterocycles. The van der Waals surface area contributed by atoms with E-state index in [0.29, 0.717) is 17.7 Å². The summed E-state index contributed by atoms with van der Waals surface area (Å²) in [5.74, 6) is 1.17. The third-order valence-corrected chi connectivity index (χ3v) is 8.41. The number of anilines is 1. The largest absolute Gasteiger partial charge is 0.433 e. The number of nitrogen functional groups attached to an aromatic ring is 1. The minimum Gasteiger partial charge on any atom is -0.433 e. The van der Waals surface area contributed by atoms with Gasteiger partial charge in [-0.2, -0.15) is 5.10 Å². The molecule has 4 aromatic rings. The fourth-order valence-corrected chi connectivity index (χ4v) is 5.90. The molecule has 0 radical (unpaired) electrons. The van der Waals surface area contributed by atoms with Gasteiger partial charge in [-0.3, -0.25) is 4.68 Å². The average molecular weight is 528 g/mol. The van der Waals surface area contributed by atoms with Gasteiger partial charge >= 0.3 is 0 Å². The summed E-state index contributed by atoms with van der Waals surface area (Å²) in [6.07, 6.45) is 9.72. The highest BCUT2D eigenvalue weighted by Crippen LogP contribution is 2.48. The van der Waals surface area contributed by atoms with Crippen LogP contribution in [0.1, 0.15) is 42.9 Å². The maximum absolute atomic E-state index is 6.17. The average Bonchev–Trinajstić information content (AvgIpc) is 3.59. The third-order valence-electron chi connectivity index (χ3n) is 7.40. The number of aryl methyl sites for hydroxylation is 1. The third kappa shape index (κ3) is 5.41. The molecular formula is C29H33N7OS. The summed E-state index contributed by atoms with van der Waals surface area (Å²) >= 11 is 1.69. The number of benzene rings is 2. The van der Waals surface area contributed by atoms with Crippen LogP contribution in [0.3, 0.4) is 0 Å². The molecule has 196 valence electrons. The minimum atomic E-state index is -0.0373. The Bertz CT molecular complexity index is 1410. The second kappa shape index (κ2) is 10.4. The normalized spacial score (nSPS) is 17.4. The minimum absolute atomic E-state index is 0.0373. The van der Waals surface area contributed by atoms with Gasteiger partial charge in [0, 0.05) is 10.5 Å². The molecule has 1 saturated heterocycles. The van der Waals surface area contributed by atoms with E-state index in [1.54, 1.807) is 24.3 Å². The van der Waals surface area contributed by atoms with Crippen molar-refractivity contribution in [1.82, 2.24) is 29.4 Å². The number of hydrogen-bond acceptors (Lipinski definition) is 8. The first-order chi connectivity index (χ1) is 18.5. The molecule has 0 bridgehead atoms. The molecule has 0 atom stereocenters. The SMILES string of the molecule is Cc1cc(-c2cnc(N)c(Oc3cnn(C4CCN(C)CC4)c3)n2)cc(C2(NSc3ccccc3)CC2)c1. The van der Waals surface area contributed by atoms with E-state index in [1.165, 1.54) is 16.0 Å². The van der Waals surface area contributed by atoms with Crippen LogP contribution in [-0.4, -0.2) is 44.8 Å². The van der Waals surface area contributed by atoms with Crippen LogP contribution in [0.2, 0.25) is 0 Å². The molecule has 3 N–H and O–H groups in total. The first kappa shape index (κ1) is 24.9. The van der Waals surface area contributed by atoms with Gasteiger partial charge in [0.2, 0.25) is 0 Å². The lowest BCUT2D eigenvalue weighted by molar-refractivity contribution is 0.212. The lowest BCUT2D eigenvalue weighted by Gasteiger charge is -2.28. The molecule has 0 unspecified atom stereocenters. The summed E-state index contributed by atoms with van der Waals surface area (Å²) in [4.78, 5) is 12.7. The van der Waals surface area contributed by atoms with Gasteiger partial charge in [0.1, 0.15) is 0 Å². The number of nitrogens with one attached hydrogen (secondary N) is 1. The predicted octanol–water partition coefficient (Wildman–Crippen LogP) is 5.58. The Balaban J connectivity index is 1.21. The Morgan fingerprint density at radius 1 is 1.08 bits per heavy atom. The van der Waals surface area contributed by atoms with Crippen molar-refractivity contribution in [3.63, 3.8) is 0 Å². The molecule has 1 aliphatic carbocycles. The smallest absolute Gasteiger partial charge is 0.263 e. The number of piperidine rings is 1. The standard InChI is InChI=1S/C29H33N7OS/c1-20-14-21(16-22(15-20)29(10-11-29)34-38-25-6-4-3-5-7-25)26-18-31-27(30)28(33-26)37-24-17-32-36(19-24)23-8-12-35(2)13-9-23/h3-7,14-19,23,34H,8-13H2,1-2H3,(H2,30,31). The van der Waals surface area contributed by atoms with Crippen LogP contribution in [0.4, 0.5) is 5.82 Å². The second-order valence-electron chi connectivity index (χ2n) is 10.4. The Morgan fingerprint density at radius 3 is 2.63 bits per heavy atom. The highest BCUT2D eigenvalue weighted by molar-refractivity contribution is 7.97. The van der Waals surface area contributed by atoms with Gasteiger partial charge in [0.25, 0.3) is 5.88 Å². The number of hydrogen-bond donors (Lipinski definition) is 2. The zero-order chi connectivity index (χ0) is 26.1. The van der Waals surface area contributed by atoms with Crippen molar-refractivity contribution in [3.05, 3.63) is 78.2 Å². The van der Waals surface area contributed by atoms with Crippen molar-refractivity contribution in [3.8, 4) is 22.9 Å². The van der Waals surface area contributed by atoms with E-state index >= 15 is 0 Å². The summed E-state index contributed by atoms with van der Waals surface area (Å²) in [5.41, 5.74) is 10.3. The lowest BCUT2D eigenvalue weighted by Crippen LogP contribution is -2.31. The monoisotopic (exact) mass is 527 g/mol. The van der Waals surface area contributed by atoms with E-state index < -0.39 is 0 Å². The van der Waals surface area contributed by atoms with E-state index in [2.05, 4.69) is 76.1 Å². The Labute approximate surface area is 227 Å². The molecule has 1 aliphatic heterocycles. The Kier molecular flexibility index (Phi) is 6.82. The van der Waals surface area contributed by atoms with Crippen LogP contribution in [0, 0.1) is 6.92 Å². The quantitative estimate of drug-likeness (QED) is 0.287. The molecule has 8 nitrogen and oxygen atoms in total. The van der Waals surface area contributed by atoms with Crippen molar-refractivity contribution in [2.24, 2.45) is 0 Å². The van der Waals surface area contributed by atoms with E-state index in [-0.39, 0.29) is 11.4 Å². The molecule has 2 aliphatic rings. The molecule has 0 spiro atoms. The van der Waals surface area contributed by atoms with Gasteiger partial charge in [-0.15, -0.1) is 0 Å². The van der Waals surface area contributed by atoms with E-state index in [1.807, 2.05) is 16.9 Å². The van der Waals surface area contributed by atoms with Gasteiger partial charge in [-0.25, -0.2) is 14.7 Å². The lowest BCUT2D eigenvalue weighted by atomic mass is 9.98. The fourth-order valence-electron chi connectivity index (χ4n) is 4.97. The van der Waals surface area contributed by atoms with Crippen LogP contribution in [-0.2, 0) is 5.54 Å². The molecular weight excluding hydrogens is 494 g/mol. The molecule has 2 fully saturated rings. The summed E-state index contributed by atoms with van der Waals surface area (Å²) < 4.78 is 11.8. The summed E-state index contributed by atoms with van der Waals surface area (Å²) in [6, 6.07) is 17.4. The first-order valence-electron chi connectivity index (χ1n) is 13.1. The van der Waals surface area contributed by atoms with Crippen molar-refractivity contribution < 1.29 is 4.74 Å². The van der Waals surface area contributed by atoms with Crippen molar-refractivity contribution >= 4 is 17.8 Å². The number of nitrogens with two attached hydrogens (primary N) is 1. The van der Waals surface area contributed by atoms with Gasteiger partial charge in [0.05, 0.1) is 35.9 Å². The second-order valence-corrected chi connectivity index (χ2v) is 11.3. The molecule has 1 saturated carbocycles. The first-order valence-corrected chi connectivity index (χ1v) is 13.9. The maximum atomic E-state index is 6.17. The zero-order valence-electron chi connectivity index (χ0n) is 21.8. The number of nitrogens with zero attached hydrogens (tertiary/aromatic N) is 5. The predicted molar refractivity (Wildman–Crippen MR) is 151 cm³/mol. The van der Waals surface area contributed by atoms with Crippen LogP contribution in [0.25, 0.3) is 11.3 Å². The highest BCUT2D eigenvalue weighted by atomic mass is 32.2. The van der Waals surface area contributed by atoms with E-state index in [4.69, 9.17) is 15.5 Å². The molecule has 0 amide bonds. The van der Waals surface area contributed by atoms with Crippen LogP contribution in [0.15, 0.2) is 72.0 Å². The highest BCUT2D eigenvalue weighted by Gasteiger charge is 2.44. The van der Waals surface area contributed by atoms with Crippen LogP contribution < -0.4 is 15.2 Å². The van der Waals surface area contributed by atoms with E-state index in [9.17, 15) is 0 Å². The summed E-state index contributed by atoms with van der Waals surface area (Å²) in [5, 5.41) is 4.54. The summed E-state index contributed by atoms with van der Waals surface area (Å²) in [6.45, 7) is 4.26. The van der Waals surface area contributed by atoms with Gasteiger partial charge in [0.15, 0.2) is 11.6 Å². The van der Waals surface area contributed by atoms with Crippen molar-refractivity contribution in [1.29, 1.82) is 0 Å². The topological polar surface area (TPSA) is 94.1 Å². The van der Waals surface area contributed by atoms with Gasteiger partial charge in [-0.05, 0) is 94.5 Å². The zero-order valence-corrected chi connectivity index (χ0v) is 22.6. The number of aromatic nitrogens is 4. The number of rotatable bonds is 8. The van der Waals surface area contributed by atoms with Crippen molar-refractivity contribution in [2.75, 3.05) is 25.9 Å². The van der Waals surface area contributed by atoms with Crippen LogP contribution >= 0.6 is 11.9 Å². The fraction of sp³-hybridized carbons (Fsp3) is 0.345. The molecule has 38 heavy (non-hydrogen) atoms. The van der Waals surface area contributed by atoms with E-state index in [0.717, 1.165) is 50.0 Å². The van der Waals surface area contributed by atoms with Gasteiger partial charge < -0.3 is 15.4 Å². The van der Waals surface area contributed by atoms with Gasteiger partial charge in [-0.1, -0.05) is 29.8 Å². The number of ether oxygens (including phenoxy) is 1. The van der Waals surface area contributed by atoms with Crippen LogP contribution in [0.5, 0.6) is 11.6 Å². The molecule has 6 rings (SSSR count). The Morgan fingerprint density at radius 2 is 1.87 bits per heavy atom. The van der Waals surface area contributed by atoms with Crippen molar-refractivity contribution in [2.45, 2.75) is 49.1 Å². The maximum Gasteiger partial charge on any atom is 0.263 e. The number of likely N-dealkylation sites (tertiary alicyclic amines) is 1.